The third kappa shape index (κ3) is 3.30. The second-order valence-corrected chi connectivity index (χ2v) is 4.31. The Morgan fingerprint density at radius 1 is 1.39 bits per heavy atom. The Morgan fingerprint density at radius 2 is 2.22 bits per heavy atom. The Balaban J connectivity index is 1.88. The lowest BCUT2D eigenvalue weighted by atomic mass is 10.1. The average Bonchev–Trinajstić information content (AvgIpc) is 2.90. The van der Waals surface area contributed by atoms with Crippen molar-refractivity contribution in [1.82, 2.24) is 14.8 Å². The van der Waals surface area contributed by atoms with Crippen LogP contribution in [0.2, 0.25) is 0 Å². The van der Waals surface area contributed by atoms with Gasteiger partial charge in [-0.05, 0) is 19.4 Å². The minimum absolute atomic E-state index is 0.0545. The molecular weight excluding hydrogens is 228 g/mol. The van der Waals surface area contributed by atoms with Crippen molar-refractivity contribution in [2.75, 3.05) is 5.32 Å². The molecule has 0 radical (unpaired) electrons. The highest BCUT2D eigenvalue weighted by Crippen LogP contribution is 2.16. The van der Waals surface area contributed by atoms with Crippen LogP contribution in [-0.2, 0) is 13.2 Å². The van der Waals surface area contributed by atoms with Gasteiger partial charge in [-0.1, -0.05) is 18.2 Å². The smallest absolute Gasteiger partial charge is 0.137 e. The van der Waals surface area contributed by atoms with E-state index < -0.39 is 0 Å². The number of anilines is 1. The van der Waals surface area contributed by atoms with Crippen LogP contribution in [0.15, 0.2) is 36.9 Å². The molecule has 0 saturated heterocycles. The van der Waals surface area contributed by atoms with Crippen LogP contribution < -0.4 is 5.32 Å². The van der Waals surface area contributed by atoms with E-state index in [0.29, 0.717) is 6.04 Å². The number of aliphatic hydroxyl groups excluding tert-OH is 1. The molecule has 0 aliphatic carbocycles. The Kier molecular flexibility index (Phi) is 4.30. The molecule has 0 fully saturated rings. The standard InChI is InChI=1S/C13H18N4O/c1-11(6-7-17-10-14-9-15-17)16-13-5-3-2-4-12(13)8-18/h2-5,9-11,16,18H,6-8H2,1H3. The first-order valence-corrected chi connectivity index (χ1v) is 6.07. The zero-order valence-corrected chi connectivity index (χ0v) is 10.5. The number of benzene rings is 1. The summed E-state index contributed by atoms with van der Waals surface area (Å²) in [5, 5.41) is 16.7. The van der Waals surface area contributed by atoms with E-state index in [1.807, 2.05) is 28.9 Å². The molecule has 5 heteroatoms. The average molecular weight is 246 g/mol. The highest BCUT2D eigenvalue weighted by molar-refractivity contribution is 5.51. The van der Waals surface area contributed by atoms with Gasteiger partial charge in [-0.25, -0.2) is 4.98 Å². The molecule has 1 unspecified atom stereocenters. The third-order valence-electron chi connectivity index (χ3n) is 2.85. The van der Waals surface area contributed by atoms with Gasteiger partial charge < -0.3 is 10.4 Å². The fourth-order valence-corrected chi connectivity index (χ4v) is 1.81. The number of nitrogens with zero attached hydrogens (tertiary/aromatic N) is 3. The van der Waals surface area contributed by atoms with Crippen LogP contribution in [0.3, 0.4) is 0 Å². The number of hydrogen-bond donors (Lipinski definition) is 2. The third-order valence-corrected chi connectivity index (χ3v) is 2.85. The predicted octanol–water partition coefficient (Wildman–Crippen LogP) is 1.66. The first-order chi connectivity index (χ1) is 8.79. The molecule has 1 aromatic heterocycles. The summed E-state index contributed by atoms with van der Waals surface area (Å²) in [7, 11) is 0. The van der Waals surface area contributed by atoms with Crippen LogP contribution in [-0.4, -0.2) is 25.9 Å². The zero-order valence-electron chi connectivity index (χ0n) is 10.5. The quantitative estimate of drug-likeness (QED) is 0.813. The monoisotopic (exact) mass is 246 g/mol. The molecule has 0 aliphatic heterocycles. The van der Waals surface area contributed by atoms with Crippen LogP contribution >= 0.6 is 0 Å². The van der Waals surface area contributed by atoms with Crippen molar-refractivity contribution in [3.63, 3.8) is 0 Å². The molecule has 0 spiro atoms. The first-order valence-electron chi connectivity index (χ1n) is 6.07. The van der Waals surface area contributed by atoms with Gasteiger partial charge in [0.15, 0.2) is 0 Å². The van der Waals surface area contributed by atoms with Crippen molar-refractivity contribution in [1.29, 1.82) is 0 Å². The van der Waals surface area contributed by atoms with E-state index in [4.69, 9.17) is 0 Å². The van der Waals surface area contributed by atoms with Crippen LogP contribution in [0.1, 0.15) is 18.9 Å². The second-order valence-electron chi connectivity index (χ2n) is 4.31. The maximum atomic E-state index is 9.25. The van der Waals surface area contributed by atoms with Gasteiger partial charge >= 0.3 is 0 Å². The molecule has 2 N–H and O–H groups in total. The van der Waals surface area contributed by atoms with Crippen LogP contribution in [0.5, 0.6) is 0 Å². The van der Waals surface area contributed by atoms with Gasteiger partial charge in [0, 0.05) is 23.8 Å². The Bertz CT molecular complexity index is 470. The lowest BCUT2D eigenvalue weighted by Crippen LogP contribution is -2.18. The van der Waals surface area contributed by atoms with Gasteiger partial charge in [0.1, 0.15) is 12.7 Å². The van der Waals surface area contributed by atoms with Crippen LogP contribution in [0, 0.1) is 0 Å². The summed E-state index contributed by atoms with van der Waals surface area (Å²) in [5.41, 5.74) is 1.91. The number of rotatable bonds is 6. The second kappa shape index (κ2) is 6.16. The van der Waals surface area contributed by atoms with E-state index in [9.17, 15) is 5.11 Å². The molecule has 0 amide bonds. The predicted molar refractivity (Wildman–Crippen MR) is 70.1 cm³/mol. The molecule has 0 aliphatic rings. The molecule has 1 aromatic carbocycles. The summed E-state index contributed by atoms with van der Waals surface area (Å²) in [6, 6.07) is 8.11. The van der Waals surface area contributed by atoms with Crippen LogP contribution in [0.4, 0.5) is 5.69 Å². The number of hydrogen-bond acceptors (Lipinski definition) is 4. The summed E-state index contributed by atoms with van der Waals surface area (Å²) in [5.74, 6) is 0. The summed E-state index contributed by atoms with van der Waals surface area (Å²) in [4.78, 5) is 3.91. The Hall–Kier alpha value is -1.88. The topological polar surface area (TPSA) is 63.0 Å². The molecule has 1 atom stereocenters. The molecule has 1 heterocycles. The van der Waals surface area contributed by atoms with Crippen molar-refractivity contribution in [2.24, 2.45) is 0 Å². The van der Waals surface area contributed by atoms with Crippen molar-refractivity contribution >= 4 is 5.69 Å². The molecule has 0 bridgehead atoms. The van der Waals surface area contributed by atoms with Gasteiger partial charge in [0.05, 0.1) is 6.61 Å². The lowest BCUT2D eigenvalue weighted by molar-refractivity contribution is 0.282. The van der Waals surface area contributed by atoms with Gasteiger partial charge in [0.2, 0.25) is 0 Å². The fourth-order valence-electron chi connectivity index (χ4n) is 1.81. The van der Waals surface area contributed by atoms with Crippen molar-refractivity contribution in [2.45, 2.75) is 32.5 Å². The van der Waals surface area contributed by atoms with Crippen molar-refractivity contribution in [3.8, 4) is 0 Å². The van der Waals surface area contributed by atoms with Crippen molar-refractivity contribution in [3.05, 3.63) is 42.5 Å². The van der Waals surface area contributed by atoms with E-state index in [1.54, 1.807) is 12.7 Å². The normalized spacial score (nSPS) is 12.3. The molecule has 18 heavy (non-hydrogen) atoms. The van der Waals surface area contributed by atoms with E-state index in [-0.39, 0.29) is 6.61 Å². The summed E-state index contributed by atoms with van der Waals surface area (Å²) in [6.45, 7) is 3.00. The SMILES string of the molecule is CC(CCn1cncn1)Nc1ccccc1CO. The summed E-state index contributed by atoms with van der Waals surface area (Å²) in [6.07, 6.45) is 4.21. The minimum atomic E-state index is 0.0545. The van der Waals surface area contributed by atoms with E-state index in [1.165, 1.54) is 0 Å². The largest absolute Gasteiger partial charge is 0.392 e. The molecular formula is C13H18N4O. The molecule has 96 valence electrons. The Labute approximate surface area is 106 Å². The number of aromatic nitrogens is 3. The van der Waals surface area contributed by atoms with E-state index in [0.717, 1.165) is 24.2 Å². The highest BCUT2D eigenvalue weighted by atomic mass is 16.3. The van der Waals surface area contributed by atoms with Gasteiger partial charge in [-0.15, -0.1) is 0 Å². The van der Waals surface area contributed by atoms with E-state index in [2.05, 4.69) is 22.3 Å². The molecule has 0 saturated carbocycles. The fraction of sp³-hybridized carbons (Fsp3) is 0.385. The Morgan fingerprint density at radius 3 is 2.94 bits per heavy atom. The van der Waals surface area contributed by atoms with Crippen LogP contribution in [0.25, 0.3) is 0 Å². The number of nitrogens with one attached hydrogen (secondary N) is 1. The number of aliphatic hydroxyl groups is 1. The van der Waals surface area contributed by atoms with Gasteiger partial charge in [-0.2, -0.15) is 5.10 Å². The lowest BCUT2D eigenvalue weighted by Gasteiger charge is -2.17. The van der Waals surface area contributed by atoms with Crippen molar-refractivity contribution < 1.29 is 5.11 Å². The number of para-hydroxylation sites is 1. The van der Waals surface area contributed by atoms with E-state index >= 15 is 0 Å². The first kappa shape index (κ1) is 12.6. The number of aryl methyl sites for hydroxylation is 1. The molecule has 5 nitrogen and oxygen atoms in total. The molecule has 2 aromatic rings. The van der Waals surface area contributed by atoms with Gasteiger partial charge in [-0.3, -0.25) is 4.68 Å². The minimum Gasteiger partial charge on any atom is -0.392 e. The van der Waals surface area contributed by atoms with Gasteiger partial charge in [0.25, 0.3) is 0 Å². The highest BCUT2D eigenvalue weighted by Gasteiger charge is 2.05. The summed E-state index contributed by atoms with van der Waals surface area (Å²) >= 11 is 0. The zero-order chi connectivity index (χ0) is 12.8. The molecule has 2 rings (SSSR count). The maximum absolute atomic E-state index is 9.25. The maximum Gasteiger partial charge on any atom is 0.137 e. The summed E-state index contributed by atoms with van der Waals surface area (Å²) < 4.78 is 1.82.